The normalized spacial score (nSPS) is 11.6. The van der Waals surface area contributed by atoms with Gasteiger partial charge in [0.05, 0.1) is 0 Å². The summed E-state index contributed by atoms with van der Waals surface area (Å²) in [4.78, 5) is 4.10. The number of nitrogens with one attached hydrogen (secondary N) is 1. The van der Waals surface area contributed by atoms with Crippen molar-refractivity contribution >= 4 is 11.8 Å². The molecular formula is C8H11N3. The largest absolute Gasteiger partial charge is 0.334 e. The number of nitrogens with zero attached hydrogens (tertiary/aromatic N) is 2. The molecule has 0 aliphatic carbocycles. The Kier molecular flexibility index (Phi) is 2.21. The lowest BCUT2D eigenvalue weighted by atomic mass is 10.2. The van der Waals surface area contributed by atoms with Gasteiger partial charge in [-0.2, -0.15) is 0 Å². The summed E-state index contributed by atoms with van der Waals surface area (Å²) in [6.07, 6.45) is 6.77. The van der Waals surface area contributed by atoms with Crippen LogP contribution in [0.15, 0.2) is 18.5 Å². The Labute approximate surface area is 65.9 Å². The van der Waals surface area contributed by atoms with Crippen molar-refractivity contribution in [3.63, 3.8) is 0 Å². The third-order valence-electron chi connectivity index (χ3n) is 1.55. The van der Waals surface area contributed by atoms with Crippen molar-refractivity contribution in [2.75, 3.05) is 0 Å². The second-order valence-electron chi connectivity index (χ2n) is 2.25. The van der Waals surface area contributed by atoms with Crippen molar-refractivity contribution in [3.05, 3.63) is 24.3 Å². The van der Waals surface area contributed by atoms with Crippen LogP contribution in [0.1, 0.15) is 12.7 Å². The van der Waals surface area contributed by atoms with E-state index in [1.54, 1.807) is 6.20 Å². The molecule has 0 radical (unpaired) electrons. The number of allylic oxidation sites excluding steroid dienone is 2. The Morgan fingerprint density at radius 3 is 2.82 bits per heavy atom. The lowest BCUT2D eigenvalue weighted by molar-refractivity contribution is 0.894. The molecule has 3 nitrogen and oxygen atoms in total. The van der Waals surface area contributed by atoms with Crippen molar-refractivity contribution in [2.45, 2.75) is 6.92 Å². The highest BCUT2D eigenvalue weighted by atomic mass is 15.0. The highest BCUT2D eigenvalue weighted by molar-refractivity contribution is 6.06. The summed E-state index contributed by atoms with van der Waals surface area (Å²) >= 11 is 0. The Morgan fingerprint density at radius 1 is 1.73 bits per heavy atom. The first-order valence-electron chi connectivity index (χ1n) is 3.44. The molecule has 1 heterocycles. The van der Waals surface area contributed by atoms with E-state index in [4.69, 9.17) is 5.41 Å². The summed E-state index contributed by atoms with van der Waals surface area (Å²) in [5.74, 6) is 0.836. The standard InChI is InChI=1S/C8H11N3/c1-3-7(6-9)8-10-4-5-11(8)2/h3-6,9H,1-2H3/b7-3+,9-6?. The molecule has 0 amide bonds. The molecule has 1 N–H and O–H groups in total. The monoisotopic (exact) mass is 149 g/mol. The van der Waals surface area contributed by atoms with Gasteiger partial charge in [0, 0.05) is 31.2 Å². The number of aromatic nitrogens is 2. The summed E-state index contributed by atoms with van der Waals surface area (Å²) in [5, 5.41) is 7.09. The molecule has 0 aliphatic heterocycles. The molecule has 0 saturated carbocycles. The minimum absolute atomic E-state index is 0.836. The van der Waals surface area contributed by atoms with Gasteiger partial charge in [-0.05, 0) is 6.92 Å². The Balaban J connectivity index is 3.09. The zero-order chi connectivity index (χ0) is 8.27. The Bertz CT molecular complexity index is 283. The maximum atomic E-state index is 7.09. The highest BCUT2D eigenvalue weighted by Crippen LogP contribution is 2.07. The molecule has 0 aliphatic rings. The van der Waals surface area contributed by atoms with Gasteiger partial charge < -0.3 is 9.98 Å². The van der Waals surface area contributed by atoms with Crippen LogP contribution in [0.5, 0.6) is 0 Å². The van der Waals surface area contributed by atoms with E-state index in [0.717, 1.165) is 11.4 Å². The predicted molar refractivity (Wildman–Crippen MR) is 45.6 cm³/mol. The SMILES string of the molecule is C/C=C(\C=N)c1nccn1C. The van der Waals surface area contributed by atoms with E-state index in [1.165, 1.54) is 6.21 Å². The molecule has 0 saturated heterocycles. The van der Waals surface area contributed by atoms with Gasteiger partial charge in [-0.3, -0.25) is 0 Å². The average Bonchev–Trinajstić information content (AvgIpc) is 2.40. The van der Waals surface area contributed by atoms with Crippen LogP contribution in [0, 0.1) is 5.41 Å². The number of rotatable bonds is 2. The predicted octanol–water partition coefficient (Wildman–Crippen LogP) is 1.47. The highest BCUT2D eigenvalue weighted by Gasteiger charge is 2.00. The topological polar surface area (TPSA) is 41.7 Å². The van der Waals surface area contributed by atoms with Gasteiger partial charge in [-0.25, -0.2) is 4.98 Å². The molecule has 0 bridgehead atoms. The Morgan fingerprint density at radius 2 is 2.45 bits per heavy atom. The van der Waals surface area contributed by atoms with Crippen LogP contribution in [0.3, 0.4) is 0 Å². The minimum Gasteiger partial charge on any atom is -0.334 e. The molecule has 1 rings (SSSR count). The summed E-state index contributed by atoms with van der Waals surface area (Å²) in [7, 11) is 1.91. The first-order valence-corrected chi connectivity index (χ1v) is 3.44. The van der Waals surface area contributed by atoms with Crippen LogP contribution in [0.2, 0.25) is 0 Å². The van der Waals surface area contributed by atoms with E-state index < -0.39 is 0 Å². The minimum atomic E-state index is 0.836. The van der Waals surface area contributed by atoms with E-state index in [2.05, 4.69) is 4.98 Å². The molecule has 0 unspecified atom stereocenters. The first-order chi connectivity index (χ1) is 5.29. The molecule has 0 fully saturated rings. The number of aryl methyl sites for hydroxylation is 1. The molecule has 0 spiro atoms. The van der Waals surface area contributed by atoms with Crippen molar-refractivity contribution in [1.82, 2.24) is 9.55 Å². The van der Waals surface area contributed by atoms with Crippen LogP contribution in [0.4, 0.5) is 0 Å². The van der Waals surface area contributed by atoms with Gasteiger partial charge in [0.2, 0.25) is 0 Å². The lowest BCUT2D eigenvalue weighted by Crippen LogP contribution is -1.96. The molecule has 0 aromatic carbocycles. The van der Waals surface area contributed by atoms with Crippen LogP contribution in [-0.2, 0) is 7.05 Å². The zero-order valence-corrected chi connectivity index (χ0v) is 6.70. The van der Waals surface area contributed by atoms with Crippen LogP contribution in [-0.4, -0.2) is 15.8 Å². The van der Waals surface area contributed by atoms with Crippen molar-refractivity contribution < 1.29 is 0 Å². The fourth-order valence-electron chi connectivity index (χ4n) is 0.921. The quantitative estimate of drug-likeness (QED) is 0.636. The third kappa shape index (κ3) is 1.37. The Hall–Kier alpha value is -1.38. The molecule has 1 aromatic rings. The van der Waals surface area contributed by atoms with E-state index in [-0.39, 0.29) is 0 Å². The van der Waals surface area contributed by atoms with Crippen molar-refractivity contribution in [1.29, 1.82) is 5.41 Å². The van der Waals surface area contributed by atoms with Crippen molar-refractivity contribution in [3.8, 4) is 0 Å². The van der Waals surface area contributed by atoms with Gasteiger partial charge in [0.15, 0.2) is 0 Å². The van der Waals surface area contributed by atoms with E-state index in [0.29, 0.717) is 0 Å². The molecular weight excluding hydrogens is 138 g/mol. The lowest BCUT2D eigenvalue weighted by Gasteiger charge is -1.98. The summed E-state index contributed by atoms with van der Waals surface area (Å²) in [6.45, 7) is 1.90. The third-order valence-corrected chi connectivity index (χ3v) is 1.55. The van der Waals surface area contributed by atoms with Crippen LogP contribution >= 0.6 is 0 Å². The fourth-order valence-corrected chi connectivity index (χ4v) is 0.921. The molecule has 0 atom stereocenters. The van der Waals surface area contributed by atoms with Gasteiger partial charge in [-0.1, -0.05) is 6.08 Å². The number of imidazole rings is 1. The zero-order valence-electron chi connectivity index (χ0n) is 6.70. The van der Waals surface area contributed by atoms with Gasteiger partial charge in [0.1, 0.15) is 5.82 Å². The molecule has 3 heteroatoms. The van der Waals surface area contributed by atoms with Gasteiger partial charge >= 0.3 is 0 Å². The van der Waals surface area contributed by atoms with E-state index in [1.807, 2.05) is 30.8 Å². The van der Waals surface area contributed by atoms with E-state index in [9.17, 15) is 0 Å². The van der Waals surface area contributed by atoms with Crippen molar-refractivity contribution in [2.24, 2.45) is 7.05 Å². The molecule has 58 valence electrons. The van der Waals surface area contributed by atoms with Gasteiger partial charge in [-0.15, -0.1) is 0 Å². The second kappa shape index (κ2) is 3.14. The molecule has 1 aromatic heterocycles. The summed E-state index contributed by atoms with van der Waals surface area (Å²) in [6, 6.07) is 0. The second-order valence-corrected chi connectivity index (χ2v) is 2.25. The summed E-state index contributed by atoms with van der Waals surface area (Å²) < 4.78 is 1.89. The van der Waals surface area contributed by atoms with E-state index >= 15 is 0 Å². The number of hydrogen-bond donors (Lipinski definition) is 1. The van der Waals surface area contributed by atoms with Crippen LogP contribution in [0.25, 0.3) is 5.57 Å². The average molecular weight is 149 g/mol. The number of hydrogen-bond acceptors (Lipinski definition) is 2. The molecule has 11 heavy (non-hydrogen) atoms. The van der Waals surface area contributed by atoms with Crippen LogP contribution < -0.4 is 0 Å². The summed E-state index contributed by atoms with van der Waals surface area (Å²) in [5.41, 5.74) is 0.845. The maximum absolute atomic E-state index is 7.09. The maximum Gasteiger partial charge on any atom is 0.140 e. The first kappa shape index (κ1) is 7.72. The van der Waals surface area contributed by atoms with Gasteiger partial charge in [0.25, 0.3) is 0 Å². The smallest absolute Gasteiger partial charge is 0.140 e. The fraction of sp³-hybridized carbons (Fsp3) is 0.250.